The Morgan fingerprint density at radius 2 is 2.11 bits per heavy atom. The lowest BCUT2D eigenvalue weighted by Gasteiger charge is -2.55. The van der Waals surface area contributed by atoms with Crippen molar-refractivity contribution in [2.24, 2.45) is 16.1 Å². The molecule has 2 unspecified atom stereocenters. The van der Waals surface area contributed by atoms with E-state index < -0.39 is 46.6 Å². The molecule has 38 heavy (non-hydrogen) atoms. The van der Waals surface area contributed by atoms with Crippen LogP contribution in [0.2, 0.25) is 0 Å². The maximum atomic E-state index is 13.2. The Morgan fingerprint density at radius 3 is 2.74 bits per heavy atom. The molecule has 5 N–H and O–H groups in total. The first-order valence-corrected chi connectivity index (χ1v) is 13.9. The fourth-order valence-electron chi connectivity index (χ4n) is 4.28. The number of carboxylic acid groups (broad SMARTS) is 2. The average molecular weight is 581 g/mol. The van der Waals surface area contributed by atoms with Crippen molar-refractivity contribution in [3.05, 3.63) is 34.0 Å². The highest BCUT2D eigenvalue weighted by molar-refractivity contribution is 8.03. The van der Waals surface area contributed by atoms with Gasteiger partial charge in [0, 0.05) is 29.1 Å². The van der Waals surface area contributed by atoms with Crippen LogP contribution in [-0.2, 0) is 19.2 Å². The second-order valence-electron chi connectivity index (χ2n) is 8.68. The Kier molecular flexibility index (Phi) is 6.58. The van der Waals surface area contributed by atoms with Gasteiger partial charge in [-0.3, -0.25) is 24.1 Å². The van der Waals surface area contributed by atoms with Gasteiger partial charge in [-0.05, 0) is 13.0 Å². The monoisotopic (exact) mass is 580 g/mol. The van der Waals surface area contributed by atoms with E-state index in [1.165, 1.54) is 61.9 Å². The Bertz CT molecular complexity index is 1330. The number of nitrogens with two attached hydrogens (primary N) is 1. The summed E-state index contributed by atoms with van der Waals surface area (Å²) in [5.41, 5.74) is 8.59. The van der Waals surface area contributed by atoms with E-state index in [-0.39, 0.29) is 23.9 Å². The average Bonchev–Trinajstić information content (AvgIpc) is 3.55. The third-order valence-electron chi connectivity index (χ3n) is 6.17. The minimum absolute atomic E-state index is 0.0597. The first kappa shape index (κ1) is 26.0. The zero-order valence-corrected chi connectivity index (χ0v) is 22.0. The summed E-state index contributed by atoms with van der Waals surface area (Å²) in [5, 5.41) is 23.2. The highest BCUT2D eigenvalue weighted by Crippen LogP contribution is 2.47. The van der Waals surface area contributed by atoms with Crippen molar-refractivity contribution in [3.8, 4) is 0 Å². The smallest absolute Gasteiger partial charge is 0.427 e. The number of hydrogen-bond acceptors (Lipinski definition) is 12. The van der Waals surface area contributed by atoms with E-state index in [0.717, 1.165) is 9.91 Å². The zero-order valence-electron chi connectivity index (χ0n) is 19.5. The number of carboxylic acids is 1. The highest BCUT2D eigenvalue weighted by Gasteiger charge is 2.60. The predicted molar refractivity (Wildman–Crippen MR) is 137 cm³/mol. The van der Waals surface area contributed by atoms with Gasteiger partial charge in [0.15, 0.2) is 5.82 Å². The van der Waals surface area contributed by atoms with Crippen LogP contribution in [0.3, 0.4) is 0 Å². The Balaban J connectivity index is 1.32. The number of allylic oxidation sites excluding steroid dienone is 1. The Morgan fingerprint density at radius 1 is 1.34 bits per heavy atom. The van der Waals surface area contributed by atoms with Crippen molar-refractivity contribution < 1.29 is 34.2 Å². The minimum Gasteiger partial charge on any atom is -0.481 e. The lowest BCUT2D eigenvalue weighted by atomic mass is 9.89. The maximum absolute atomic E-state index is 13.2. The van der Waals surface area contributed by atoms with Gasteiger partial charge in [0.05, 0.1) is 16.7 Å². The number of primary amides is 1. The third-order valence-corrected chi connectivity index (χ3v) is 9.61. The summed E-state index contributed by atoms with van der Waals surface area (Å²) in [6.45, 7) is 1.62. The summed E-state index contributed by atoms with van der Waals surface area (Å²) >= 11 is 3.56. The highest BCUT2D eigenvalue weighted by atomic mass is 32.2. The van der Waals surface area contributed by atoms with Crippen LogP contribution >= 0.6 is 34.9 Å². The number of rotatable bonds is 6. The number of thiazole rings is 1. The number of hydrogen-bond donors (Lipinski definition) is 4. The van der Waals surface area contributed by atoms with E-state index in [2.05, 4.69) is 15.5 Å². The number of thioether (sulfide) groups is 2. The van der Waals surface area contributed by atoms with Crippen molar-refractivity contribution in [2.75, 3.05) is 23.0 Å². The lowest BCUT2D eigenvalue weighted by molar-refractivity contribution is -0.156. The zero-order chi connectivity index (χ0) is 27.4. The molecule has 0 aliphatic carbocycles. The van der Waals surface area contributed by atoms with Gasteiger partial charge >= 0.3 is 23.9 Å². The number of anilines is 1. The largest absolute Gasteiger partial charge is 0.481 e. The molecule has 200 valence electrons. The van der Waals surface area contributed by atoms with Crippen LogP contribution in [0.4, 0.5) is 10.6 Å². The third kappa shape index (κ3) is 4.28. The SMILES string of the molecule is CC1=NC2=CN(C(=O)O)NN2C(SCC2(C(=O)O)CS[C@@H]3C(N(C(=O)C(N)=O)c4cscn4)C(=O)N3C2)=C1. The number of carbonyl (C=O) groups excluding carboxylic acids is 3. The second kappa shape index (κ2) is 9.61. The van der Waals surface area contributed by atoms with Gasteiger partial charge in [-0.1, -0.05) is 0 Å². The molecule has 0 bridgehead atoms. The molecule has 4 aliphatic heterocycles. The molecule has 2 saturated heterocycles. The van der Waals surface area contributed by atoms with Crippen LogP contribution in [0.1, 0.15) is 6.92 Å². The number of hydrazine groups is 2. The fourth-order valence-corrected chi connectivity index (χ4v) is 7.78. The van der Waals surface area contributed by atoms with Gasteiger partial charge in [0.2, 0.25) is 5.91 Å². The van der Waals surface area contributed by atoms with Crippen molar-refractivity contribution in [1.29, 1.82) is 0 Å². The number of aliphatic imine (C=N–C) groups is 1. The van der Waals surface area contributed by atoms with E-state index >= 15 is 0 Å². The first-order chi connectivity index (χ1) is 18.0. The van der Waals surface area contributed by atoms with Crippen LogP contribution < -0.4 is 16.2 Å². The molecular formula is C20H20N8O7S3. The molecular weight excluding hydrogens is 560 g/mol. The molecule has 0 aromatic carbocycles. The van der Waals surface area contributed by atoms with E-state index in [0.29, 0.717) is 16.6 Å². The molecule has 15 nitrogen and oxygen atoms in total. The molecule has 18 heteroatoms. The summed E-state index contributed by atoms with van der Waals surface area (Å²) in [5.74, 6) is -3.27. The molecule has 1 aromatic rings. The standard InChI is InChI=1S/C20H20N8O7S3/c1-9-2-12(28-10(23-9)3-26(24-28)19(34)35)37-6-20(18(32)33)5-25-15(30)13(17(25)38-7-20)27(16(31)14(21)29)11-4-36-8-22-11/h2-4,8,13,17,24H,5-7H2,1H3,(H2,21,29)(H,32,33)(H,34,35)/t13?,17-,20?/m1/s1. The van der Waals surface area contributed by atoms with Gasteiger partial charge in [-0.25, -0.2) is 19.8 Å². The van der Waals surface area contributed by atoms with Gasteiger partial charge in [-0.2, -0.15) is 5.01 Å². The number of fused-ring (bicyclic) bond motifs is 2. The first-order valence-electron chi connectivity index (χ1n) is 10.9. The summed E-state index contributed by atoms with van der Waals surface area (Å²) in [6.07, 6.45) is 1.75. The van der Waals surface area contributed by atoms with Crippen LogP contribution in [0, 0.1) is 5.41 Å². The molecule has 4 aliphatic rings. The van der Waals surface area contributed by atoms with E-state index in [4.69, 9.17) is 5.73 Å². The quantitative estimate of drug-likeness (QED) is 0.257. The van der Waals surface area contributed by atoms with Crippen LogP contribution in [-0.4, -0.2) is 95.1 Å². The summed E-state index contributed by atoms with van der Waals surface area (Å²) in [7, 11) is 0. The Labute approximate surface area is 226 Å². The summed E-state index contributed by atoms with van der Waals surface area (Å²) in [6, 6.07) is -1.04. The van der Waals surface area contributed by atoms with Crippen molar-refractivity contribution >= 4 is 76.2 Å². The lowest BCUT2D eigenvalue weighted by Crippen LogP contribution is -2.75. The van der Waals surface area contributed by atoms with Crippen LogP contribution in [0.25, 0.3) is 0 Å². The van der Waals surface area contributed by atoms with E-state index in [9.17, 15) is 34.2 Å². The van der Waals surface area contributed by atoms with Gasteiger partial charge in [0.1, 0.15) is 22.6 Å². The predicted octanol–water partition coefficient (Wildman–Crippen LogP) is -0.121. The molecule has 3 atom stereocenters. The van der Waals surface area contributed by atoms with Gasteiger partial charge < -0.3 is 20.8 Å². The molecule has 2 fully saturated rings. The van der Waals surface area contributed by atoms with Crippen LogP contribution in [0.15, 0.2) is 39.0 Å². The maximum Gasteiger partial charge on any atom is 0.427 e. The number of carbonyl (C=O) groups is 5. The number of β-lactam (4-membered cyclic amide) rings is 1. The molecule has 0 saturated carbocycles. The van der Waals surface area contributed by atoms with Gasteiger partial charge in [-0.15, -0.1) is 40.4 Å². The number of aliphatic carboxylic acids is 1. The van der Waals surface area contributed by atoms with Gasteiger partial charge in [0.25, 0.3) is 0 Å². The second-order valence-corrected chi connectivity index (χ2v) is 11.5. The molecule has 5 heterocycles. The summed E-state index contributed by atoms with van der Waals surface area (Å²) < 4.78 is 0. The van der Waals surface area contributed by atoms with Crippen LogP contribution in [0.5, 0.6) is 0 Å². The van der Waals surface area contributed by atoms with Crippen molar-refractivity contribution in [3.63, 3.8) is 0 Å². The van der Waals surface area contributed by atoms with Crippen molar-refractivity contribution in [2.45, 2.75) is 18.3 Å². The Hall–Kier alpha value is -3.61. The van der Waals surface area contributed by atoms with E-state index in [1.807, 2.05) is 0 Å². The molecule has 0 radical (unpaired) electrons. The summed E-state index contributed by atoms with van der Waals surface area (Å²) in [4.78, 5) is 72.0. The number of nitrogens with one attached hydrogen (secondary N) is 1. The molecule has 1 aromatic heterocycles. The van der Waals surface area contributed by atoms with E-state index in [1.54, 1.807) is 13.0 Å². The number of aromatic nitrogens is 1. The molecule has 5 rings (SSSR count). The molecule has 4 amide bonds. The fraction of sp³-hybridized carbons (Fsp3) is 0.350. The normalized spacial score (nSPS) is 26.0. The van der Waals surface area contributed by atoms with Crippen molar-refractivity contribution in [1.82, 2.24) is 25.4 Å². The molecule has 0 spiro atoms. The topological polar surface area (TPSA) is 202 Å². The minimum atomic E-state index is -1.34. The number of nitrogens with zero attached hydrogens (tertiary/aromatic N) is 6. The number of amides is 4.